The van der Waals surface area contributed by atoms with E-state index in [0.717, 1.165) is 5.69 Å². The molecule has 0 aliphatic rings. The van der Waals surface area contributed by atoms with Gasteiger partial charge in [0.15, 0.2) is 0 Å². The van der Waals surface area contributed by atoms with Crippen LogP contribution in [-0.2, 0) is 0 Å². The van der Waals surface area contributed by atoms with Gasteiger partial charge in [0.05, 0.1) is 11.3 Å². The van der Waals surface area contributed by atoms with E-state index < -0.39 is 5.82 Å². The average Bonchev–Trinajstić information content (AvgIpc) is 2.48. The first-order chi connectivity index (χ1) is 10.2. The van der Waals surface area contributed by atoms with Crippen molar-refractivity contribution in [3.8, 4) is 6.07 Å². The maximum atomic E-state index is 13.8. The van der Waals surface area contributed by atoms with Gasteiger partial charge in [0.2, 0.25) is 0 Å². The fourth-order valence-electron chi connectivity index (χ4n) is 2.12. The summed E-state index contributed by atoms with van der Waals surface area (Å²) in [6.45, 7) is 0. The van der Waals surface area contributed by atoms with Gasteiger partial charge in [0, 0.05) is 22.3 Å². The predicted molar refractivity (Wildman–Crippen MR) is 81.2 cm³/mol. The van der Waals surface area contributed by atoms with Gasteiger partial charge < -0.3 is 5.32 Å². The van der Waals surface area contributed by atoms with Crippen LogP contribution in [0.1, 0.15) is 5.56 Å². The van der Waals surface area contributed by atoms with Crippen LogP contribution in [0.4, 0.5) is 15.8 Å². The highest BCUT2D eigenvalue weighted by atomic mass is 35.5. The Kier molecular flexibility index (Phi) is 3.43. The lowest BCUT2D eigenvalue weighted by Crippen LogP contribution is -1.97. The highest BCUT2D eigenvalue weighted by Gasteiger charge is 2.11. The molecule has 0 aliphatic carbocycles. The molecule has 2 aromatic carbocycles. The van der Waals surface area contributed by atoms with Gasteiger partial charge in [-0.3, -0.25) is 4.98 Å². The first-order valence-corrected chi connectivity index (χ1v) is 6.57. The van der Waals surface area contributed by atoms with Crippen LogP contribution in [0.25, 0.3) is 10.9 Å². The van der Waals surface area contributed by atoms with Gasteiger partial charge in [0.1, 0.15) is 17.4 Å². The molecule has 0 unspecified atom stereocenters. The van der Waals surface area contributed by atoms with Crippen molar-refractivity contribution in [2.45, 2.75) is 0 Å². The maximum Gasteiger partial charge on any atom is 0.149 e. The molecule has 3 rings (SSSR count). The SMILES string of the molecule is N#Cc1cnc2c(F)cccc2c1Nc1cccc(Cl)c1. The van der Waals surface area contributed by atoms with Crippen LogP contribution < -0.4 is 5.32 Å². The van der Waals surface area contributed by atoms with E-state index >= 15 is 0 Å². The Labute approximate surface area is 125 Å². The van der Waals surface area contributed by atoms with Gasteiger partial charge in [-0.1, -0.05) is 29.8 Å². The third kappa shape index (κ3) is 2.51. The number of fused-ring (bicyclic) bond motifs is 1. The Hall–Kier alpha value is -2.64. The Morgan fingerprint density at radius 3 is 2.76 bits per heavy atom. The Bertz CT molecular complexity index is 871. The smallest absolute Gasteiger partial charge is 0.149 e. The van der Waals surface area contributed by atoms with Gasteiger partial charge in [0.25, 0.3) is 0 Å². The molecular weight excluding hydrogens is 289 g/mol. The third-order valence-corrected chi connectivity index (χ3v) is 3.30. The second-order valence-electron chi connectivity index (χ2n) is 4.43. The number of hydrogen-bond acceptors (Lipinski definition) is 3. The quantitative estimate of drug-likeness (QED) is 0.749. The number of halogens is 2. The number of benzene rings is 2. The molecule has 1 aromatic heterocycles. The number of nitriles is 1. The van der Waals surface area contributed by atoms with Gasteiger partial charge in [-0.05, 0) is 24.3 Å². The summed E-state index contributed by atoms with van der Waals surface area (Å²) in [5.74, 6) is -0.425. The first-order valence-electron chi connectivity index (χ1n) is 6.19. The van der Waals surface area contributed by atoms with Crippen LogP contribution >= 0.6 is 11.6 Å². The van der Waals surface area contributed by atoms with Crippen LogP contribution in [0.2, 0.25) is 5.02 Å². The lowest BCUT2D eigenvalue weighted by Gasteiger charge is -2.11. The minimum Gasteiger partial charge on any atom is -0.354 e. The van der Waals surface area contributed by atoms with Gasteiger partial charge >= 0.3 is 0 Å². The molecule has 0 amide bonds. The van der Waals surface area contributed by atoms with Gasteiger partial charge in [-0.25, -0.2) is 4.39 Å². The summed E-state index contributed by atoms with van der Waals surface area (Å²) in [7, 11) is 0. The molecule has 0 aliphatic heterocycles. The lowest BCUT2D eigenvalue weighted by atomic mass is 10.1. The number of anilines is 2. The van der Waals surface area contributed by atoms with E-state index in [1.165, 1.54) is 12.3 Å². The van der Waals surface area contributed by atoms with Gasteiger partial charge in [-0.2, -0.15) is 5.26 Å². The summed E-state index contributed by atoms with van der Waals surface area (Å²) < 4.78 is 13.8. The van der Waals surface area contributed by atoms with E-state index in [1.54, 1.807) is 30.3 Å². The summed E-state index contributed by atoms with van der Waals surface area (Å²) >= 11 is 5.95. The summed E-state index contributed by atoms with van der Waals surface area (Å²) in [4.78, 5) is 4.01. The van der Waals surface area contributed by atoms with Crippen LogP contribution in [0, 0.1) is 17.1 Å². The molecule has 3 aromatic rings. The topological polar surface area (TPSA) is 48.7 Å². The van der Waals surface area contributed by atoms with E-state index in [9.17, 15) is 9.65 Å². The molecule has 21 heavy (non-hydrogen) atoms. The van der Waals surface area contributed by atoms with E-state index in [-0.39, 0.29) is 5.52 Å². The van der Waals surface area contributed by atoms with Crippen LogP contribution in [0.3, 0.4) is 0 Å². The molecule has 0 saturated heterocycles. The molecule has 0 spiro atoms. The monoisotopic (exact) mass is 297 g/mol. The van der Waals surface area contributed by atoms with Crippen LogP contribution in [0.5, 0.6) is 0 Å². The largest absolute Gasteiger partial charge is 0.354 e. The molecule has 1 N–H and O–H groups in total. The summed E-state index contributed by atoms with van der Waals surface area (Å²) in [6, 6.07) is 13.8. The second-order valence-corrected chi connectivity index (χ2v) is 4.87. The van der Waals surface area contributed by atoms with Crippen molar-refractivity contribution >= 4 is 33.9 Å². The minimum absolute atomic E-state index is 0.223. The Morgan fingerprint density at radius 1 is 1.19 bits per heavy atom. The number of nitrogens with zero attached hydrogens (tertiary/aromatic N) is 2. The molecule has 3 nitrogen and oxygen atoms in total. The van der Waals surface area contributed by atoms with Crippen molar-refractivity contribution in [2.24, 2.45) is 0 Å². The minimum atomic E-state index is -0.425. The molecule has 0 atom stereocenters. The molecule has 5 heteroatoms. The molecule has 0 bridgehead atoms. The van der Waals surface area contributed by atoms with E-state index in [4.69, 9.17) is 11.6 Å². The van der Waals surface area contributed by atoms with Crippen molar-refractivity contribution in [3.63, 3.8) is 0 Å². The number of pyridine rings is 1. The lowest BCUT2D eigenvalue weighted by molar-refractivity contribution is 0.637. The van der Waals surface area contributed by atoms with Crippen molar-refractivity contribution in [2.75, 3.05) is 5.32 Å². The zero-order chi connectivity index (χ0) is 14.8. The van der Waals surface area contributed by atoms with Gasteiger partial charge in [-0.15, -0.1) is 0 Å². The molecular formula is C16H9ClFN3. The summed E-state index contributed by atoms with van der Waals surface area (Å²) in [5.41, 5.74) is 1.80. The third-order valence-electron chi connectivity index (χ3n) is 3.06. The van der Waals surface area contributed by atoms with E-state index in [0.29, 0.717) is 21.7 Å². The number of nitrogens with one attached hydrogen (secondary N) is 1. The maximum absolute atomic E-state index is 13.8. The van der Waals surface area contributed by atoms with Crippen molar-refractivity contribution in [3.05, 3.63) is 65.1 Å². The first kappa shape index (κ1) is 13.3. The predicted octanol–water partition coefficient (Wildman–Crippen LogP) is 4.64. The Morgan fingerprint density at radius 2 is 2.00 bits per heavy atom. The normalized spacial score (nSPS) is 10.3. The van der Waals surface area contributed by atoms with Crippen molar-refractivity contribution < 1.29 is 4.39 Å². The van der Waals surface area contributed by atoms with Crippen LogP contribution in [0.15, 0.2) is 48.7 Å². The van der Waals surface area contributed by atoms with E-state index in [1.807, 2.05) is 6.07 Å². The molecule has 0 saturated carbocycles. The molecule has 0 radical (unpaired) electrons. The summed E-state index contributed by atoms with van der Waals surface area (Å²) in [5, 5.41) is 13.5. The second kappa shape index (κ2) is 5.39. The number of aromatic nitrogens is 1. The zero-order valence-electron chi connectivity index (χ0n) is 10.8. The fraction of sp³-hybridized carbons (Fsp3) is 0. The number of rotatable bonds is 2. The number of hydrogen-bond donors (Lipinski definition) is 1. The Balaban J connectivity index is 2.20. The molecule has 102 valence electrons. The highest BCUT2D eigenvalue weighted by molar-refractivity contribution is 6.30. The fourth-order valence-corrected chi connectivity index (χ4v) is 2.31. The van der Waals surface area contributed by atoms with E-state index in [2.05, 4.69) is 16.4 Å². The van der Waals surface area contributed by atoms with Crippen molar-refractivity contribution in [1.82, 2.24) is 4.98 Å². The average molecular weight is 298 g/mol. The van der Waals surface area contributed by atoms with Crippen molar-refractivity contribution in [1.29, 1.82) is 5.26 Å². The summed E-state index contributed by atoms with van der Waals surface area (Å²) in [6.07, 6.45) is 1.36. The molecule has 1 heterocycles. The zero-order valence-corrected chi connectivity index (χ0v) is 11.5. The molecule has 0 fully saturated rings. The number of para-hydroxylation sites is 1. The highest BCUT2D eigenvalue weighted by Crippen LogP contribution is 2.30. The van der Waals surface area contributed by atoms with Crippen LogP contribution in [-0.4, -0.2) is 4.98 Å². The standard InChI is InChI=1S/C16H9ClFN3/c17-11-3-1-4-12(7-11)21-15-10(8-19)9-20-16-13(15)5-2-6-14(16)18/h1-7,9H,(H,20,21).